The monoisotopic (exact) mass is 474 g/mol. The van der Waals surface area contributed by atoms with Gasteiger partial charge in [0.05, 0.1) is 18.7 Å². The molecule has 0 radical (unpaired) electrons. The van der Waals surface area contributed by atoms with Crippen molar-refractivity contribution in [2.75, 3.05) is 46.5 Å². The molecule has 0 bridgehead atoms. The van der Waals surface area contributed by atoms with E-state index >= 15 is 0 Å². The van der Waals surface area contributed by atoms with E-state index in [0.29, 0.717) is 32.8 Å². The molecule has 0 unspecified atom stereocenters. The molecule has 1 aliphatic rings. The quantitative estimate of drug-likeness (QED) is 0.444. The third-order valence-electron chi connectivity index (χ3n) is 6.12. The molecular weight excluding hydrogens is 436 g/mol. The normalized spacial score (nSPS) is 16.6. The number of rotatable bonds is 13. The average Bonchev–Trinajstić information content (AvgIpc) is 3.28. The Hall–Kier alpha value is -1.93. The van der Waals surface area contributed by atoms with Crippen LogP contribution in [0.5, 0.6) is 5.75 Å². The fourth-order valence-electron chi connectivity index (χ4n) is 4.36. The van der Waals surface area contributed by atoms with Gasteiger partial charge in [0.15, 0.2) is 0 Å². The first-order chi connectivity index (χ1) is 16.0. The lowest BCUT2D eigenvalue weighted by molar-refractivity contribution is -0.136. The number of hydrogen-bond donors (Lipinski definition) is 1. The number of carbonyl (C=O) groups is 1. The van der Waals surface area contributed by atoms with Gasteiger partial charge in [-0.1, -0.05) is 31.0 Å². The van der Waals surface area contributed by atoms with Gasteiger partial charge in [0, 0.05) is 38.2 Å². The fourth-order valence-corrected chi connectivity index (χ4v) is 5.28. The third kappa shape index (κ3) is 7.54. The number of amides is 1. The first kappa shape index (κ1) is 25.7. The highest BCUT2D eigenvalue weighted by Crippen LogP contribution is 2.34. The number of carbonyl (C=O) groups excluding carboxylic acids is 1. The van der Waals surface area contributed by atoms with Gasteiger partial charge in [-0.2, -0.15) is 0 Å². The molecule has 0 aliphatic carbocycles. The molecule has 182 valence electrons. The number of methoxy groups -OCH3 is 1. The molecule has 6 nitrogen and oxygen atoms in total. The number of thiophene rings is 1. The Morgan fingerprint density at radius 1 is 1.30 bits per heavy atom. The van der Waals surface area contributed by atoms with E-state index in [9.17, 15) is 9.90 Å². The van der Waals surface area contributed by atoms with Gasteiger partial charge in [-0.05, 0) is 55.3 Å². The topological polar surface area (TPSA) is 62.2 Å². The maximum absolute atomic E-state index is 13.5. The van der Waals surface area contributed by atoms with Crippen LogP contribution in [-0.4, -0.2) is 73.4 Å². The van der Waals surface area contributed by atoms with Crippen molar-refractivity contribution in [3.8, 4) is 5.75 Å². The predicted molar refractivity (Wildman–Crippen MR) is 133 cm³/mol. The van der Waals surface area contributed by atoms with Crippen LogP contribution in [0.3, 0.4) is 0 Å². The second kappa shape index (κ2) is 13.1. The number of benzene rings is 1. The zero-order chi connectivity index (χ0) is 23.6. The summed E-state index contributed by atoms with van der Waals surface area (Å²) in [5.41, 5.74) is 2.39. The van der Waals surface area contributed by atoms with E-state index in [0.717, 1.165) is 38.0 Å². The molecule has 0 saturated heterocycles. The van der Waals surface area contributed by atoms with Crippen molar-refractivity contribution in [2.24, 2.45) is 0 Å². The van der Waals surface area contributed by atoms with Crippen LogP contribution in [0.4, 0.5) is 0 Å². The zero-order valence-electron chi connectivity index (χ0n) is 20.2. The molecule has 1 aromatic heterocycles. The van der Waals surface area contributed by atoms with Gasteiger partial charge in [0.1, 0.15) is 12.4 Å². The van der Waals surface area contributed by atoms with Crippen molar-refractivity contribution in [3.63, 3.8) is 0 Å². The van der Waals surface area contributed by atoms with Crippen molar-refractivity contribution in [1.29, 1.82) is 0 Å². The molecule has 1 aromatic carbocycles. The Balaban J connectivity index is 1.69. The number of hydrogen-bond acceptors (Lipinski definition) is 6. The van der Waals surface area contributed by atoms with Gasteiger partial charge in [0.25, 0.3) is 0 Å². The molecule has 1 aliphatic heterocycles. The summed E-state index contributed by atoms with van der Waals surface area (Å²) in [6, 6.07) is 10.1. The summed E-state index contributed by atoms with van der Waals surface area (Å²) in [5.74, 6) is 0.907. The Morgan fingerprint density at radius 2 is 2.09 bits per heavy atom. The highest BCUT2D eigenvalue weighted by Gasteiger charge is 2.33. The minimum atomic E-state index is -0.421. The Bertz CT molecular complexity index is 854. The Morgan fingerprint density at radius 3 is 2.82 bits per heavy atom. The van der Waals surface area contributed by atoms with Gasteiger partial charge >= 0.3 is 0 Å². The molecule has 33 heavy (non-hydrogen) atoms. The third-order valence-corrected chi connectivity index (χ3v) is 7.11. The van der Waals surface area contributed by atoms with E-state index in [-0.39, 0.29) is 11.9 Å². The molecular formula is C26H38N2O4S. The molecule has 2 aromatic rings. The maximum Gasteiger partial charge on any atom is 0.237 e. The first-order valence-corrected chi connectivity index (χ1v) is 12.8. The van der Waals surface area contributed by atoms with Gasteiger partial charge in [-0.25, -0.2) is 0 Å². The summed E-state index contributed by atoms with van der Waals surface area (Å²) >= 11 is 1.76. The average molecular weight is 475 g/mol. The molecule has 0 fully saturated rings. The SMILES string of the molecule is CCC[C@H](O)CN(CCCOC)CC(=O)N1CCc2sccc2[C@@H]1COc1ccc(C)cc1. The van der Waals surface area contributed by atoms with Crippen LogP contribution < -0.4 is 4.74 Å². The number of aryl methyl sites for hydroxylation is 1. The van der Waals surface area contributed by atoms with Crippen LogP contribution in [0.15, 0.2) is 35.7 Å². The van der Waals surface area contributed by atoms with Gasteiger partial charge < -0.3 is 19.5 Å². The Labute approximate surface area is 202 Å². The van der Waals surface area contributed by atoms with Crippen molar-refractivity contribution >= 4 is 17.2 Å². The van der Waals surface area contributed by atoms with Crippen LogP contribution in [-0.2, 0) is 16.0 Å². The summed E-state index contributed by atoms with van der Waals surface area (Å²) in [4.78, 5) is 18.9. The second-order valence-electron chi connectivity index (χ2n) is 8.80. The van der Waals surface area contributed by atoms with Crippen molar-refractivity contribution < 1.29 is 19.4 Å². The maximum atomic E-state index is 13.5. The second-order valence-corrected chi connectivity index (χ2v) is 9.80. The minimum Gasteiger partial charge on any atom is -0.491 e. The van der Waals surface area contributed by atoms with Gasteiger partial charge in [-0.3, -0.25) is 9.69 Å². The highest BCUT2D eigenvalue weighted by molar-refractivity contribution is 7.10. The summed E-state index contributed by atoms with van der Waals surface area (Å²) in [6.07, 6.45) is 2.95. The van der Waals surface area contributed by atoms with Gasteiger partial charge in [0.2, 0.25) is 5.91 Å². The van der Waals surface area contributed by atoms with Crippen LogP contribution in [0, 0.1) is 6.92 Å². The minimum absolute atomic E-state index is 0.0884. The largest absolute Gasteiger partial charge is 0.491 e. The summed E-state index contributed by atoms with van der Waals surface area (Å²) in [5, 5.41) is 12.5. The van der Waals surface area contributed by atoms with E-state index in [1.165, 1.54) is 16.0 Å². The molecule has 7 heteroatoms. The number of aliphatic hydroxyl groups is 1. The summed E-state index contributed by atoms with van der Waals surface area (Å²) in [6.45, 7) is 7.41. The van der Waals surface area contributed by atoms with E-state index in [2.05, 4.69) is 30.2 Å². The number of ether oxygens (including phenoxy) is 2. The lowest BCUT2D eigenvalue weighted by Gasteiger charge is -2.37. The van der Waals surface area contributed by atoms with Gasteiger partial charge in [-0.15, -0.1) is 11.3 Å². The summed E-state index contributed by atoms with van der Waals surface area (Å²) < 4.78 is 11.3. The Kier molecular flexibility index (Phi) is 10.2. The van der Waals surface area contributed by atoms with Crippen molar-refractivity contribution in [2.45, 2.75) is 51.7 Å². The molecule has 0 spiro atoms. The zero-order valence-corrected chi connectivity index (χ0v) is 21.0. The fraction of sp³-hybridized carbons (Fsp3) is 0.577. The smallest absolute Gasteiger partial charge is 0.237 e. The van der Waals surface area contributed by atoms with E-state index in [1.807, 2.05) is 29.2 Å². The lowest BCUT2D eigenvalue weighted by atomic mass is 10.0. The number of nitrogens with zero attached hydrogens (tertiary/aromatic N) is 2. The molecule has 1 amide bonds. The molecule has 2 heterocycles. The highest BCUT2D eigenvalue weighted by atomic mass is 32.1. The number of aliphatic hydroxyl groups excluding tert-OH is 1. The van der Waals surface area contributed by atoms with Crippen LogP contribution in [0.2, 0.25) is 0 Å². The summed E-state index contributed by atoms with van der Waals surface area (Å²) in [7, 11) is 1.69. The van der Waals surface area contributed by atoms with E-state index < -0.39 is 6.10 Å². The number of fused-ring (bicyclic) bond motifs is 1. The predicted octanol–water partition coefficient (Wildman–Crippen LogP) is 4.06. The van der Waals surface area contributed by atoms with Crippen LogP contribution in [0.1, 0.15) is 48.2 Å². The lowest BCUT2D eigenvalue weighted by Crippen LogP contribution is -2.48. The van der Waals surface area contributed by atoms with E-state index in [4.69, 9.17) is 9.47 Å². The molecule has 3 rings (SSSR count). The van der Waals surface area contributed by atoms with Crippen LogP contribution >= 0.6 is 11.3 Å². The van der Waals surface area contributed by atoms with E-state index in [1.54, 1.807) is 18.4 Å². The molecule has 0 saturated carbocycles. The molecule has 1 N–H and O–H groups in total. The van der Waals surface area contributed by atoms with Crippen LogP contribution in [0.25, 0.3) is 0 Å². The first-order valence-electron chi connectivity index (χ1n) is 12.0. The van der Waals surface area contributed by atoms with Crippen molar-refractivity contribution in [1.82, 2.24) is 9.80 Å². The molecule has 2 atom stereocenters. The standard InChI is InChI=1S/C26H38N2O4S/c1-4-6-21(29)17-27(13-5-15-31-3)18-26(30)28-14-11-25-23(12-16-33-25)24(28)19-32-22-9-7-20(2)8-10-22/h7-10,12,16,21,24,29H,4-6,11,13-15,17-19H2,1-3H3/t21-,24-/m0/s1. The van der Waals surface area contributed by atoms with Crippen molar-refractivity contribution in [3.05, 3.63) is 51.7 Å².